The molecule has 0 aliphatic heterocycles. The second kappa shape index (κ2) is 8.14. The molecule has 25 heavy (non-hydrogen) atoms. The lowest BCUT2D eigenvalue weighted by molar-refractivity contribution is -0.141. The summed E-state index contributed by atoms with van der Waals surface area (Å²) in [4.78, 5) is 7.52. The van der Waals surface area contributed by atoms with Gasteiger partial charge in [-0.3, -0.25) is 0 Å². The fraction of sp³-hybridized carbons (Fsp3) is 0.312. The standard InChI is InChI=1S/C16H15ClF3N5/c1-10(6-21)7-22-8-11-9-23-15(25-14(11)16(18,19)20)24-13-4-2-3-12(17)5-13/h2-5,9-10,22H,7-8H2,1H3,(H,23,24,25). The number of aromatic nitrogens is 2. The topological polar surface area (TPSA) is 73.6 Å². The van der Waals surface area contributed by atoms with Gasteiger partial charge >= 0.3 is 6.18 Å². The maximum Gasteiger partial charge on any atom is 0.433 e. The molecule has 0 saturated heterocycles. The molecule has 2 rings (SSSR count). The van der Waals surface area contributed by atoms with E-state index in [2.05, 4.69) is 20.6 Å². The summed E-state index contributed by atoms with van der Waals surface area (Å²) in [6.07, 6.45) is -3.50. The van der Waals surface area contributed by atoms with Crippen LogP contribution in [0.5, 0.6) is 0 Å². The molecule has 0 spiro atoms. The van der Waals surface area contributed by atoms with E-state index < -0.39 is 11.9 Å². The maximum atomic E-state index is 13.3. The number of benzene rings is 1. The minimum Gasteiger partial charge on any atom is -0.324 e. The zero-order valence-electron chi connectivity index (χ0n) is 13.2. The molecule has 1 atom stereocenters. The van der Waals surface area contributed by atoms with Crippen molar-refractivity contribution in [3.63, 3.8) is 0 Å². The van der Waals surface area contributed by atoms with E-state index >= 15 is 0 Å². The van der Waals surface area contributed by atoms with E-state index in [1.165, 1.54) is 0 Å². The summed E-state index contributed by atoms with van der Waals surface area (Å²) in [6.45, 7) is 1.86. The lowest BCUT2D eigenvalue weighted by Gasteiger charge is -2.14. The maximum absolute atomic E-state index is 13.3. The van der Waals surface area contributed by atoms with Crippen LogP contribution in [0.3, 0.4) is 0 Å². The molecule has 2 N–H and O–H groups in total. The molecule has 9 heteroatoms. The Hall–Kier alpha value is -2.37. The summed E-state index contributed by atoms with van der Waals surface area (Å²) in [7, 11) is 0. The molecule has 0 radical (unpaired) electrons. The Labute approximate surface area is 147 Å². The zero-order valence-corrected chi connectivity index (χ0v) is 14.0. The first kappa shape index (κ1) is 19.0. The molecule has 1 unspecified atom stereocenters. The van der Waals surface area contributed by atoms with E-state index in [-0.39, 0.29) is 30.5 Å². The van der Waals surface area contributed by atoms with Crippen molar-refractivity contribution in [3.05, 3.63) is 46.7 Å². The van der Waals surface area contributed by atoms with Crippen LogP contribution in [-0.4, -0.2) is 16.5 Å². The largest absolute Gasteiger partial charge is 0.433 e. The molecule has 0 fully saturated rings. The Morgan fingerprint density at radius 3 is 2.76 bits per heavy atom. The number of halogens is 4. The van der Waals surface area contributed by atoms with E-state index in [0.29, 0.717) is 10.7 Å². The summed E-state index contributed by atoms with van der Waals surface area (Å²) < 4.78 is 39.8. The first-order chi connectivity index (χ1) is 11.8. The van der Waals surface area contributed by atoms with Gasteiger partial charge in [0.05, 0.1) is 12.0 Å². The fourth-order valence-corrected chi connectivity index (χ4v) is 2.20. The van der Waals surface area contributed by atoms with Crippen molar-refractivity contribution in [1.82, 2.24) is 15.3 Å². The van der Waals surface area contributed by atoms with Crippen LogP contribution in [0.1, 0.15) is 18.2 Å². The number of hydrogen-bond acceptors (Lipinski definition) is 5. The molecule has 0 aliphatic carbocycles. The number of hydrogen-bond donors (Lipinski definition) is 2. The quantitative estimate of drug-likeness (QED) is 0.800. The van der Waals surface area contributed by atoms with Crippen molar-refractivity contribution in [2.75, 3.05) is 11.9 Å². The van der Waals surface area contributed by atoms with Crippen LogP contribution in [0.2, 0.25) is 5.02 Å². The normalized spacial score (nSPS) is 12.5. The Bertz CT molecular complexity index is 773. The zero-order chi connectivity index (χ0) is 18.4. The van der Waals surface area contributed by atoms with E-state index in [9.17, 15) is 13.2 Å². The highest BCUT2D eigenvalue weighted by atomic mass is 35.5. The van der Waals surface area contributed by atoms with E-state index in [4.69, 9.17) is 16.9 Å². The highest BCUT2D eigenvalue weighted by molar-refractivity contribution is 6.30. The first-order valence-corrected chi connectivity index (χ1v) is 7.73. The van der Waals surface area contributed by atoms with Crippen LogP contribution in [0.25, 0.3) is 0 Å². The van der Waals surface area contributed by atoms with Crippen molar-refractivity contribution in [1.29, 1.82) is 5.26 Å². The first-order valence-electron chi connectivity index (χ1n) is 7.35. The van der Waals surface area contributed by atoms with Crippen LogP contribution in [0.4, 0.5) is 24.8 Å². The molecule has 2 aromatic rings. The predicted octanol–water partition coefficient (Wildman–Crippen LogP) is 4.14. The molecule has 0 amide bonds. The van der Waals surface area contributed by atoms with Gasteiger partial charge in [-0.05, 0) is 25.1 Å². The summed E-state index contributed by atoms with van der Waals surface area (Å²) in [5, 5.41) is 14.6. The molecule has 1 heterocycles. The van der Waals surface area contributed by atoms with Crippen LogP contribution in [0.15, 0.2) is 30.5 Å². The van der Waals surface area contributed by atoms with Gasteiger partial charge in [0.15, 0.2) is 5.69 Å². The third kappa shape index (κ3) is 5.59. The van der Waals surface area contributed by atoms with Gasteiger partial charge in [0.2, 0.25) is 5.95 Å². The number of anilines is 2. The minimum atomic E-state index is -4.62. The van der Waals surface area contributed by atoms with Gasteiger partial charge in [0.25, 0.3) is 0 Å². The second-order valence-corrected chi connectivity index (χ2v) is 5.80. The Morgan fingerprint density at radius 1 is 1.36 bits per heavy atom. The highest BCUT2D eigenvalue weighted by Crippen LogP contribution is 2.31. The summed E-state index contributed by atoms with van der Waals surface area (Å²) in [5.74, 6) is -0.484. The average Bonchev–Trinajstić information content (AvgIpc) is 2.55. The van der Waals surface area contributed by atoms with Crippen molar-refractivity contribution in [2.24, 2.45) is 5.92 Å². The van der Waals surface area contributed by atoms with Gasteiger partial charge in [-0.25, -0.2) is 9.97 Å². The number of rotatable bonds is 6. The SMILES string of the molecule is CC(C#N)CNCc1cnc(Nc2cccc(Cl)c2)nc1C(F)(F)F. The number of alkyl halides is 3. The predicted molar refractivity (Wildman–Crippen MR) is 88.3 cm³/mol. The van der Waals surface area contributed by atoms with Crippen LogP contribution >= 0.6 is 11.6 Å². The molecule has 132 valence electrons. The molecular weight excluding hydrogens is 355 g/mol. The van der Waals surface area contributed by atoms with Crippen LogP contribution < -0.4 is 10.6 Å². The monoisotopic (exact) mass is 369 g/mol. The molecule has 0 saturated carbocycles. The molecule has 5 nitrogen and oxygen atoms in total. The van der Waals surface area contributed by atoms with E-state index in [1.807, 2.05) is 6.07 Å². The summed E-state index contributed by atoms with van der Waals surface area (Å²) in [6, 6.07) is 8.49. The number of nitrogens with zero attached hydrogens (tertiary/aromatic N) is 3. The molecular formula is C16H15ClF3N5. The molecule has 1 aromatic carbocycles. The third-order valence-corrected chi connectivity index (χ3v) is 3.44. The smallest absolute Gasteiger partial charge is 0.324 e. The Kier molecular flexibility index (Phi) is 6.17. The van der Waals surface area contributed by atoms with Crippen LogP contribution in [-0.2, 0) is 12.7 Å². The lowest BCUT2D eigenvalue weighted by Crippen LogP contribution is -2.23. The van der Waals surface area contributed by atoms with Gasteiger partial charge in [-0.2, -0.15) is 18.4 Å². The molecule has 0 bridgehead atoms. The molecule has 0 aliphatic rings. The van der Waals surface area contributed by atoms with Gasteiger partial charge in [-0.15, -0.1) is 0 Å². The lowest BCUT2D eigenvalue weighted by atomic mass is 10.2. The fourth-order valence-electron chi connectivity index (χ4n) is 2.01. The van der Waals surface area contributed by atoms with Gasteiger partial charge in [0, 0.05) is 35.6 Å². The average molecular weight is 370 g/mol. The van der Waals surface area contributed by atoms with Crippen molar-refractivity contribution in [2.45, 2.75) is 19.6 Å². The third-order valence-electron chi connectivity index (χ3n) is 3.20. The van der Waals surface area contributed by atoms with Crippen molar-refractivity contribution >= 4 is 23.2 Å². The molecule has 1 aromatic heterocycles. The summed E-state index contributed by atoms with van der Waals surface area (Å²) in [5.41, 5.74) is -0.632. The van der Waals surface area contributed by atoms with Crippen molar-refractivity contribution in [3.8, 4) is 6.07 Å². The van der Waals surface area contributed by atoms with E-state index in [0.717, 1.165) is 6.20 Å². The minimum absolute atomic E-state index is 0.0850. The van der Waals surface area contributed by atoms with E-state index in [1.54, 1.807) is 31.2 Å². The van der Waals surface area contributed by atoms with Gasteiger partial charge in [0.1, 0.15) is 0 Å². The number of nitrogens with one attached hydrogen (secondary N) is 2. The van der Waals surface area contributed by atoms with Crippen LogP contribution in [0, 0.1) is 17.2 Å². The number of nitriles is 1. The summed E-state index contributed by atoms with van der Waals surface area (Å²) >= 11 is 5.84. The Balaban J connectivity index is 2.20. The van der Waals surface area contributed by atoms with Crippen molar-refractivity contribution < 1.29 is 13.2 Å². The van der Waals surface area contributed by atoms with Gasteiger partial charge in [-0.1, -0.05) is 17.7 Å². The highest BCUT2D eigenvalue weighted by Gasteiger charge is 2.36. The second-order valence-electron chi connectivity index (χ2n) is 5.36. The van der Waals surface area contributed by atoms with Gasteiger partial charge < -0.3 is 10.6 Å². The Morgan fingerprint density at radius 2 is 2.12 bits per heavy atom.